The monoisotopic (exact) mass is 280 g/mol. The van der Waals surface area contributed by atoms with Gasteiger partial charge in [0.1, 0.15) is 10.8 Å². The first-order valence-corrected chi connectivity index (χ1v) is 7.31. The summed E-state index contributed by atoms with van der Waals surface area (Å²) in [4.78, 5) is 7.35. The Morgan fingerprint density at radius 3 is 2.48 bits per heavy atom. The fourth-order valence-electron chi connectivity index (χ4n) is 2.38. The van der Waals surface area contributed by atoms with Gasteiger partial charge in [-0.3, -0.25) is 4.90 Å². The minimum absolute atomic E-state index is 0.979. The molecule has 4 heteroatoms. The van der Waals surface area contributed by atoms with Gasteiger partial charge in [-0.15, -0.1) is 0 Å². The highest BCUT2D eigenvalue weighted by atomic mass is 15.1. The van der Waals surface area contributed by atoms with Gasteiger partial charge in [-0.05, 0) is 48.3 Å². The van der Waals surface area contributed by atoms with Crippen LogP contribution in [0.1, 0.15) is 12.8 Å². The third-order valence-corrected chi connectivity index (χ3v) is 3.65. The molecule has 0 amide bonds. The Hall–Kier alpha value is -2.42. The van der Waals surface area contributed by atoms with E-state index in [1.54, 1.807) is 6.21 Å². The number of rotatable bonds is 4. The normalized spacial score (nSPS) is 22.6. The SMILES string of the molecule is C[NH+]1C=CC(=C2C=CN(CCCC3=CC=[N+]=N3)C=C2)C=C1. The molecule has 3 aliphatic rings. The van der Waals surface area contributed by atoms with Gasteiger partial charge < -0.3 is 4.90 Å². The Morgan fingerprint density at radius 2 is 1.81 bits per heavy atom. The lowest BCUT2D eigenvalue weighted by atomic mass is 10.0. The standard InChI is InChI=1S/C17H19N4/c1-20-11-5-15(6-12-20)16-7-13-21(14-8-16)10-2-3-17-4-9-18-19-17/h4-9,11-14H,2-3,10H2,1H3/q+1/p+1. The van der Waals surface area contributed by atoms with E-state index in [1.165, 1.54) is 16.0 Å². The zero-order valence-electron chi connectivity index (χ0n) is 12.2. The van der Waals surface area contributed by atoms with Gasteiger partial charge in [-0.25, -0.2) is 0 Å². The smallest absolute Gasteiger partial charge is 0.333 e. The first-order chi connectivity index (χ1) is 10.3. The van der Waals surface area contributed by atoms with E-state index in [1.807, 2.05) is 6.08 Å². The molecule has 0 atom stereocenters. The number of allylic oxidation sites excluding steroid dienone is 8. The number of hydrogen-bond acceptors (Lipinski definition) is 2. The molecule has 3 rings (SSSR count). The molecule has 0 bridgehead atoms. The first-order valence-electron chi connectivity index (χ1n) is 7.31. The second-order valence-corrected chi connectivity index (χ2v) is 5.32. The quantitative estimate of drug-likeness (QED) is 0.780. The van der Waals surface area contributed by atoms with Crippen LogP contribution in [0, 0.1) is 0 Å². The van der Waals surface area contributed by atoms with Crippen molar-refractivity contribution in [1.82, 2.24) is 4.90 Å². The zero-order valence-corrected chi connectivity index (χ0v) is 12.2. The van der Waals surface area contributed by atoms with E-state index in [9.17, 15) is 0 Å². The molecule has 0 aromatic rings. The van der Waals surface area contributed by atoms with Crippen LogP contribution >= 0.6 is 0 Å². The van der Waals surface area contributed by atoms with Crippen LogP contribution in [0.4, 0.5) is 0 Å². The van der Waals surface area contributed by atoms with Crippen molar-refractivity contribution in [1.29, 1.82) is 0 Å². The summed E-state index contributed by atoms with van der Waals surface area (Å²) in [6, 6.07) is 0. The van der Waals surface area contributed by atoms with Crippen LogP contribution in [0.2, 0.25) is 0 Å². The molecule has 0 unspecified atom stereocenters. The van der Waals surface area contributed by atoms with Crippen LogP contribution in [-0.2, 0) is 0 Å². The van der Waals surface area contributed by atoms with Gasteiger partial charge in [-0.2, -0.15) is 0 Å². The van der Waals surface area contributed by atoms with Crippen molar-refractivity contribution in [3.8, 4) is 0 Å². The molecule has 0 spiro atoms. The maximum absolute atomic E-state index is 4.05. The number of nitrogens with zero attached hydrogens (tertiary/aromatic N) is 3. The topological polar surface area (TPSA) is 34.1 Å². The zero-order chi connectivity index (χ0) is 14.5. The van der Waals surface area contributed by atoms with Gasteiger partial charge in [0.25, 0.3) is 0 Å². The molecule has 3 heterocycles. The summed E-state index contributed by atoms with van der Waals surface area (Å²) in [5, 5.41) is 4.05. The second-order valence-electron chi connectivity index (χ2n) is 5.32. The molecule has 3 aliphatic heterocycles. The van der Waals surface area contributed by atoms with E-state index < -0.39 is 0 Å². The van der Waals surface area contributed by atoms with Crippen molar-refractivity contribution in [3.05, 3.63) is 72.0 Å². The highest BCUT2D eigenvalue weighted by Gasteiger charge is 2.09. The number of quaternary nitrogens is 1. The fourth-order valence-corrected chi connectivity index (χ4v) is 2.38. The molecule has 106 valence electrons. The summed E-state index contributed by atoms with van der Waals surface area (Å²) in [5.41, 5.74) is 3.60. The van der Waals surface area contributed by atoms with Gasteiger partial charge in [-0.1, -0.05) is 0 Å². The molecular formula is C17H20N4+2. The van der Waals surface area contributed by atoms with E-state index in [-0.39, 0.29) is 0 Å². The van der Waals surface area contributed by atoms with E-state index in [4.69, 9.17) is 0 Å². The minimum Gasteiger partial charge on any atom is -0.354 e. The Balaban J connectivity index is 1.52. The number of nitrogens with one attached hydrogen (secondary N) is 1. The van der Waals surface area contributed by atoms with E-state index in [0.29, 0.717) is 0 Å². The Kier molecular flexibility index (Phi) is 4.10. The van der Waals surface area contributed by atoms with Crippen molar-refractivity contribution >= 4 is 6.21 Å². The first kappa shape index (κ1) is 13.6. The van der Waals surface area contributed by atoms with Gasteiger partial charge in [0, 0.05) is 18.9 Å². The summed E-state index contributed by atoms with van der Waals surface area (Å²) in [5.74, 6) is 0. The van der Waals surface area contributed by atoms with Gasteiger partial charge in [0.05, 0.1) is 30.3 Å². The van der Waals surface area contributed by atoms with Crippen molar-refractivity contribution < 1.29 is 9.69 Å². The molecule has 0 aromatic carbocycles. The predicted octanol–water partition coefficient (Wildman–Crippen LogP) is 1.59. The van der Waals surface area contributed by atoms with Crippen LogP contribution in [0.5, 0.6) is 0 Å². The lowest BCUT2D eigenvalue weighted by molar-refractivity contribution is -0.766. The van der Waals surface area contributed by atoms with Crippen molar-refractivity contribution in [2.45, 2.75) is 12.8 Å². The molecule has 0 aliphatic carbocycles. The largest absolute Gasteiger partial charge is 0.354 e. The molecule has 1 N–H and O–H groups in total. The summed E-state index contributed by atoms with van der Waals surface area (Å²) < 4.78 is 0. The lowest BCUT2D eigenvalue weighted by Crippen LogP contribution is -2.99. The molecule has 0 saturated heterocycles. The van der Waals surface area contributed by atoms with E-state index in [0.717, 1.165) is 25.1 Å². The highest BCUT2D eigenvalue weighted by Crippen LogP contribution is 2.17. The Morgan fingerprint density at radius 1 is 1.10 bits per heavy atom. The highest BCUT2D eigenvalue weighted by molar-refractivity contribution is 5.67. The molecule has 0 fully saturated rings. The molecular weight excluding hydrogens is 260 g/mol. The summed E-state index contributed by atoms with van der Waals surface area (Å²) in [6.07, 6.45) is 23.1. The van der Waals surface area contributed by atoms with Crippen molar-refractivity contribution in [3.63, 3.8) is 0 Å². The Bertz CT molecular complexity index is 620. The van der Waals surface area contributed by atoms with E-state index in [2.05, 4.69) is 71.0 Å². The third-order valence-electron chi connectivity index (χ3n) is 3.65. The average molecular weight is 280 g/mol. The third kappa shape index (κ3) is 3.57. The molecule has 4 nitrogen and oxygen atoms in total. The van der Waals surface area contributed by atoms with Gasteiger partial charge in [0.15, 0.2) is 0 Å². The lowest BCUT2D eigenvalue weighted by Gasteiger charge is -2.19. The van der Waals surface area contributed by atoms with Gasteiger partial charge >= 0.3 is 6.21 Å². The van der Waals surface area contributed by atoms with Gasteiger partial charge in [0.2, 0.25) is 0 Å². The van der Waals surface area contributed by atoms with Crippen molar-refractivity contribution in [2.24, 2.45) is 5.11 Å². The van der Waals surface area contributed by atoms with Crippen LogP contribution in [0.25, 0.3) is 0 Å². The molecule has 21 heavy (non-hydrogen) atoms. The maximum Gasteiger partial charge on any atom is 0.333 e. The summed E-state index contributed by atoms with van der Waals surface area (Å²) in [6.45, 7) is 1.00. The molecule has 0 radical (unpaired) electrons. The van der Waals surface area contributed by atoms with Crippen LogP contribution in [0.15, 0.2) is 77.1 Å². The summed E-state index contributed by atoms with van der Waals surface area (Å²) >= 11 is 0. The fraction of sp³-hybridized carbons (Fsp3) is 0.235. The van der Waals surface area contributed by atoms with Crippen LogP contribution in [-0.4, -0.2) is 29.5 Å². The van der Waals surface area contributed by atoms with Crippen molar-refractivity contribution in [2.75, 3.05) is 13.6 Å². The Labute approximate surface area is 125 Å². The number of hydrogen-bond donors (Lipinski definition) is 1. The minimum atomic E-state index is 0.979. The average Bonchev–Trinajstić information content (AvgIpc) is 3.02. The predicted molar refractivity (Wildman–Crippen MR) is 83.2 cm³/mol. The van der Waals surface area contributed by atoms with Crippen LogP contribution in [0.3, 0.4) is 0 Å². The second kappa shape index (κ2) is 6.35. The molecule has 0 saturated carbocycles. The maximum atomic E-state index is 4.05. The van der Waals surface area contributed by atoms with E-state index >= 15 is 0 Å². The summed E-state index contributed by atoms with van der Waals surface area (Å²) in [7, 11) is 2.11. The van der Waals surface area contributed by atoms with Crippen LogP contribution < -0.4 is 4.90 Å². The molecule has 0 aromatic heterocycles.